The van der Waals surface area contributed by atoms with Gasteiger partial charge < -0.3 is 23.8 Å². The lowest BCUT2D eigenvalue weighted by Gasteiger charge is -2.44. The van der Waals surface area contributed by atoms with Crippen LogP contribution < -0.4 is 4.74 Å². The van der Waals surface area contributed by atoms with Crippen molar-refractivity contribution in [2.75, 3.05) is 26.8 Å². The molecule has 3 aromatic rings. The standard InChI is InChI=1S/C27H31N5O5/c1-16(36-18-4-5-22-21(8-18)20-6-7-35-13-17(20)9-28-22)23-12-32(30-29-23)27-14-26(2,15-27)37-24(27)25(33)31-10-19(11-31)34-3/h4-5,8-9,12,16,19,24H,6-7,10-11,13-15H2,1-3H3/t16-,24?,26?,27?/m1/s1. The molecule has 37 heavy (non-hydrogen) atoms. The summed E-state index contributed by atoms with van der Waals surface area (Å²) in [6.07, 6.45) is 5.39. The Morgan fingerprint density at radius 1 is 1.27 bits per heavy atom. The molecule has 3 saturated heterocycles. The number of nitrogens with zero attached hydrogens (tertiary/aromatic N) is 5. The van der Waals surface area contributed by atoms with Gasteiger partial charge in [0.25, 0.3) is 5.91 Å². The van der Waals surface area contributed by atoms with Crippen molar-refractivity contribution in [3.63, 3.8) is 0 Å². The number of rotatable bonds is 6. The number of fused-ring (bicyclic) bond motifs is 4. The van der Waals surface area contributed by atoms with E-state index in [-0.39, 0.29) is 23.7 Å². The summed E-state index contributed by atoms with van der Waals surface area (Å²) in [4.78, 5) is 19.7. The summed E-state index contributed by atoms with van der Waals surface area (Å²) in [7, 11) is 1.68. The molecule has 1 saturated carbocycles. The molecular formula is C27H31N5O5. The molecule has 2 atom stereocenters. The van der Waals surface area contributed by atoms with E-state index in [1.54, 1.807) is 7.11 Å². The molecule has 4 aliphatic heterocycles. The number of methoxy groups -OCH3 is 1. The Balaban J connectivity index is 1.11. The number of likely N-dealkylation sites (tertiary alicyclic amines) is 1. The van der Waals surface area contributed by atoms with Crippen molar-refractivity contribution in [2.45, 2.75) is 69.2 Å². The van der Waals surface area contributed by atoms with Gasteiger partial charge in [-0.2, -0.15) is 0 Å². The van der Waals surface area contributed by atoms with Crippen LogP contribution in [0.5, 0.6) is 5.75 Å². The molecule has 2 bridgehead atoms. The van der Waals surface area contributed by atoms with E-state index < -0.39 is 11.6 Å². The largest absolute Gasteiger partial charge is 0.484 e. The molecule has 1 aliphatic carbocycles. The molecule has 10 nitrogen and oxygen atoms in total. The number of carbonyl (C=O) groups is 1. The highest BCUT2D eigenvalue weighted by Gasteiger charge is 2.70. The van der Waals surface area contributed by atoms with Crippen molar-refractivity contribution < 1.29 is 23.7 Å². The Bertz CT molecular complexity index is 1380. The third-order valence-electron chi connectivity index (χ3n) is 8.46. The molecule has 1 aromatic carbocycles. The Labute approximate surface area is 214 Å². The van der Waals surface area contributed by atoms with Gasteiger partial charge in [-0.15, -0.1) is 5.10 Å². The number of aromatic nitrogens is 4. The lowest BCUT2D eigenvalue weighted by molar-refractivity contribution is -0.156. The van der Waals surface area contributed by atoms with E-state index in [2.05, 4.69) is 28.3 Å². The first-order chi connectivity index (χ1) is 17.9. The quantitative estimate of drug-likeness (QED) is 0.504. The minimum Gasteiger partial charge on any atom is -0.484 e. The first-order valence-corrected chi connectivity index (χ1v) is 12.9. The number of amides is 1. The molecular weight excluding hydrogens is 474 g/mol. The predicted octanol–water partition coefficient (Wildman–Crippen LogP) is 2.54. The molecule has 4 fully saturated rings. The fraction of sp³-hybridized carbons (Fsp3) is 0.556. The molecule has 8 rings (SSSR count). The summed E-state index contributed by atoms with van der Waals surface area (Å²) in [5.41, 5.74) is 3.27. The SMILES string of the molecule is COC1CN(C(=O)C2OC3(C)CC2(n2cc([C@@H](C)Oc4ccc5ncc6c(c5c4)CCOC6)nn2)C3)C1. The fourth-order valence-corrected chi connectivity index (χ4v) is 6.46. The van der Waals surface area contributed by atoms with Gasteiger partial charge in [-0.25, -0.2) is 4.68 Å². The average molecular weight is 506 g/mol. The van der Waals surface area contributed by atoms with Crippen LogP contribution >= 0.6 is 0 Å². The van der Waals surface area contributed by atoms with Crippen LogP contribution in [-0.2, 0) is 37.6 Å². The second-order valence-corrected chi connectivity index (χ2v) is 11.1. The Hall–Kier alpha value is -3.08. The van der Waals surface area contributed by atoms with Gasteiger partial charge >= 0.3 is 0 Å². The molecule has 1 amide bonds. The third kappa shape index (κ3) is 3.57. The van der Waals surface area contributed by atoms with Crippen molar-refractivity contribution in [1.29, 1.82) is 0 Å². The Morgan fingerprint density at radius 2 is 2.11 bits per heavy atom. The van der Waals surface area contributed by atoms with Crippen LogP contribution in [0.15, 0.2) is 30.6 Å². The Kier molecular flexibility index (Phi) is 5.12. The maximum atomic E-state index is 13.3. The first-order valence-electron chi connectivity index (χ1n) is 12.9. The van der Waals surface area contributed by atoms with E-state index in [0.29, 0.717) is 25.4 Å². The monoisotopic (exact) mass is 505 g/mol. The predicted molar refractivity (Wildman–Crippen MR) is 132 cm³/mol. The van der Waals surface area contributed by atoms with E-state index in [4.69, 9.17) is 18.9 Å². The van der Waals surface area contributed by atoms with Crippen molar-refractivity contribution in [2.24, 2.45) is 0 Å². The topological polar surface area (TPSA) is 101 Å². The van der Waals surface area contributed by atoms with E-state index in [1.807, 2.05) is 41.0 Å². The minimum absolute atomic E-state index is 0.00868. The highest BCUT2D eigenvalue weighted by molar-refractivity contribution is 5.85. The molecule has 194 valence electrons. The summed E-state index contributed by atoms with van der Waals surface area (Å²) in [6, 6.07) is 6.00. The van der Waals surface area contributed by atoms with Gasteiger partial charge in [0.15, 0.2) is 6.10 Å². The number of hydrogen-bond donors (Lipinski definition) is 0. The molecule has 6 heterocycles. The first kappa shape index (κ1) is 23.1. The van der Waals surface area contributed by atoms with Crippen LogP contribution in [0.1, 0.15) is 49.6 Å². The lowest BCUT2D eigenvalue weighted by Crippen LogP contribution is -2.61. The van der Waals surface area contributed by atoms with Crippen LogP contribution in [0.4, 0.5) is 0 Å². The smallest absolute Gasteiger partial charge is 0.254 e. The summed E-state index contributed by atoms with van der Waals surface area (Å²) >= 11 is 0. The third-order valence-corrected chi connectivity index (χ3v) is 8.46. The van der Waals surface area contributed by atoms with Crippen molar-refractivity contribution in [3.05, 3.63) is 47.4 Å². The van der Waals surface area contributed by atoms with Crippen LogP contribution in [-0.4, -0.2) is 75.4 Å². The van der Waals surface area contributed by atoms with E-state index in [1.165, 1.54) is 5.56 Å². The van der Waals surface area contributed by atoms with E-state index in [9.17, 15) is 4.79 Å². The van der Waals surface area contributed by atoms with Gasteiger partial charge in [-0.05, 0) is 49.6 Å². The summed E-state index contributed by atoms with van der Waals surface area (Å²) in [6.45, 7) is 6.55. The fourth-order valence-electron chi connectivity index (χ4n) is 6.46. The van der Waals surface area contributed by atoms with Gasteiger partial charge in [0, 0.05) is 44.6 Å². The van der Waals surface area contributed by atoms with Gasteiger partial charge in [0.05, 0.1) is 36.6 Å². The molecule has 0 spiro atoms. The number of hydrogen-bond acceptors (Lipinski definition) is 8. The van der Waals surface area contributed by atoms with Crippen LogP contribution in [0.25, 0.3) is 10.9 Å². The maximum absolute atomic E-state index is 13.3. The van der Waals surface area contributed by atoms with Crippen molar-refractivity contribution >= 4 is 16.8 Å². The van der Waals surface area contributed by atoms with Crippen LogP contribution in [0.3, 0.4) is 0 Å². The van der Waals surface area contributed by atoms with E-state index >= 15 is 0 Å². The zero-order chi connectivity index (χ0) is 25.4. The summed E-state index contributed by atoms with van der Waals surface area (Å²) in [5.74, 6) is 0.766. The average Bonchev–Trinajstić information content (AvgIpc) is 3.54. The summed E-state index contributed by atoms with van der Waals surface area (Å²) < 4.78 is 25.3. The second-order valence-electron chi connectivity index (χ2n) is 11.1. The number of pyridine rings is 1. The zero-order valence-corrected chi connectivity index (χ0v) is 21.3. The normalized spacial score (nSPS) is 29.5. The second kappa shape index (κ2) is 8.21. The molecule has 5 aliphatic rings. The van der Waals surface area contributed by atoms with E-state index in [0.717, 1.165) is 48.1 Å². The van der Waals surface area contributed by atoms with Crippen LogP contribution in [0.2, 0.25) is 0 Å². The summed E-state index contributed by atoms with van der Waals surface area (Å²) in [5, 5.41) is 10.0. The van der Waals surface area contributed by atoms with Gasteiger partial charge in [-0.1, -0.05) is 5.21 Å². The molecule has 0 N–H and O–H groups in total. The minimum atomic E-state index is -0.566. The molecule has 2 aromatic heterocycles. The zero-order valence-electron chi connectivity index (χ0n) is 21.3. The van der Waals surface area contributed by atoms with Crippen molar-refractivity contribution in [1.82, 2.24) is 24.9 Å². The lowest BCUT2D eigenvalue weighted by atomic mass is 9.66. The molecule has 0 radical (unpaired) electrons. The van der Waals surface area contributed by atoms with Gasteiger partial charge in [0.1, 0.15) is 23.1 Å². The highest BCUT2D eigenvalue weighted by atomic mass is 16.5. The van der Waals surface area contributed by atoms with Crippen molar-refractivity contribution in [3.8, 4) is 5.75 Å². The van der Waals surface area contributed by atoms with Gasteiger partial charge in [0.2, 0.25) is 0 Å². The van der Waals surface area contributed by atoms with Crippen LogP contribution in [0, 0.1) is 0 Å². The maximum Gasteiger partial charge on any atom is 0.254 e. The Morgan fingerprint density at radius 3 is 2.92 bits per heavy atom. The van der Waals surface area contributed by atoms with Gasteiger partial charge in [-0.3, -0.25) is 9.78 Å². The number of carbonyl (C=O) groups excluding carboxylic acids is 1. The molecule has 10 heteroatoms. The molecule has 1 unspecified atom stereocenters. The highest BCUT2D eigenvalue weighted by Crippen LogP contribution is 2.60. The number of ether oxygens (including phenoxy) is 4. The number of benzene rings is 1.